The van der Waals surface area contributed by atoms with Gasteiger partial charge in [0.1, 0.15) is 0 Å². The predicted octanol–water partition coefficient (Wildman–Crippen LogP) is 3.26. The van der Waals surface area contributed by atoms with Crippen LogP contribution in [0.3, 0.4) is 0 Å². The van der Waals surface area contributed by atoms with E-state index in [1.807, 2.05) is 30.3 Å². The fourth-order valence-electron chi connectivity index (χ4n) is 2.43. The topological polar surface area (TPSA) is 67.1 Å². The van der Waals surface area contributed by atoms with E-state index in [9.17, 15) is 4.79 Å². The monoisotopic (exact) mass is 349 g/mol. The molecule has 1 aliphatic heterocycles. The van der Waals surface area contributed by atoms with Crippen LogP contribution in [0.1, 0.15) is 27.2 Å². The molecule has 1 aliphatic rings. The predicted molar refractivity (Wildman–Crippen MR) is 99.3 cm³/mol. The molecule has 0 saturated heterocycles. The first-order valence-corrected chi connectivity index (χ1v) is 8.23. The van der Waals surface area contributed by atoms with Crippen molar-refractivity contribution in [2.75, 3.05) is 18.4 Å². The largest absolute Gasteiger partial charge is 0.326 e. The number of hydrogen-bond acceptors (Lipinski definition) is 4. The fraction of sp³-hybridized carbons (Fsp3) is 0.235. The Morgan fingerprint density at radius 1 is 1.30 bits per heavy atom. The Balaban J connectivity index is 0.00000192. The van der Waals surface area contributed by atoms with Crippen LogP contribution in [0.5, 0.6) is 0 Å². The summed E-state index contributed by atoms with van der Waals surface area (Å²) in [6, 6.07) is 9.59. The molecule has 0 bridgehead atoms. The maximum atomic E-state index is 12.3. The molecular formula is C17H20ClN3OS. The highest BCUT2D eigenvalue weighted by Crippen LogP contribution is 2.26. The van der Waals surface area contributed by atoms with Crippen LogP contribution in [-0.4, -0.2) is 19.0 Å². The molecule has 4 N–H and O–H groups in total. The quantitative estimate of drug-likeness (QED) is 0.793. The molecule has 6 heteroatoms. The Morgan fingerprint density at radius 2 is 2.09 bits per heavy atom. The van der Waals surface area contributed by atoms with E-state index in [1.54, 1.807) is 0 Å². The fourth-order valence-corrected chi connectivity index (χ4v) is 3.25. The minimum Gasteiger partial charge on any atom is -0.326 e. The number of rotatable bonds is 4. The van der Waals surface area contributed by atoms with Crippen LogP contribution in [0.25, 0.3) is 5.57 Å². The highest BCUT2D eigenvalue weighted by atomic mass is 35.5. The van der Waals surface area contributed by atoms with Crippen molar-refractivity contribution in [3.05, 3.63) is 57.8 Å². The second-order valence-electron chi connectivity index (χ2n) is 5.24. The van der Waals surface area contributed by atoms with Crippen molar-refractivity contribution >= 4 is 40.9 Å². The summed E-state index contributed by atoms with van der Waals surface area (Å²) in [4.78, 5) is 13.0. The molecule has 23 heavy (non-hydrogen) atoms. The summed E-state index contributed by atoms with van der Waals surface area (Å²) in [5.74, 6) is -0.0636. The lowest BCUT2D eigenvalue weighted by Crippen LogP contribution is -2.19. The second-order valence-corrected chi connectivity index (χ2v) is 6.15. The van der Waals surface area contributed by atoms with Gasteiger partial charge in [0, 0.05) is 18.8 Å². The lowest BCUT2D eigenvalue weighted by Gasteiger charge is -2.12. The molecule has 0 unspecified atom stereocenters. The van der Waals surface area contributed by atoms with Crippen molar-refractivity contribution in [1.82, 2.24) is 5.32 Å². The van der Waals surface area contributed by atoms with Crippen LogP contribution in [0.2, 0.25) is 0 Å². The highest BCUT2D eigenvalue weighted by Gasteiger charge is 2.13. The Bertz CT molecular complexity index is 694. The van der Waals surface area contributed by atoms with Gasteiger partial charge in [-0.1, -0.05) is 18.2 Å². The van der Waals surface area contributed by atoms with E-state index in [4.69, 9.17) is 5.73 Å². The number of nitrogens with one attached hydrogen (secondary N) is 2. The first-order valence-electron chi connectivity index (χ1n) is 7.35. The summed E-state index contributed by atoms with van der Waals surface area (Å²) in [7, 11) is 0. The van der Waals surface area contributed by atoms with Crippen LogP contribution < -0.4 is 16.4 Å². The minimum atomic E-state index is -0.0636. The van der Waals surface area contributed by atoms with E-state index < -0.39 is 0 Å². The number of thiophene rings is 1. The van der Waals surface area contributed by atoms with Crippen LogP contribution in [0.15, 0.2) is 41.8 Å². The minimum absolute atomic E-state index is 0. The number of amides is 1. The molecule has 2 heterocycles. The molecule has 0 radical (unpaired) electrons. The van der Waals surface area contributed by atoms with E-state index in [1.165, 1.54) is 16.9 Å². The maximum Gasteiger partial charge on any atom is 0.265 e. The molecule has 0 fully saturated rings. The molecule has 0 spiro atoms. The van der Waals surface area contributed by atoms with Gasteiger partial charge < -0.3 is 16.4 Å². The number of nitrogens with two attached hydrogens (primary N) is 1. The van der Waals surface area contributed by atoms with Crippen molar-refractivity contribution < 1.29 is 4.79 Å². The van der Waals surface area contributed by atoms with E-state index in [0.29, 0.717) is 6.54 Å². The van der Waals surface area contributed by atoms with Crippen LogP contribution in [0, 0.1) is 0 Å². The van der Waals surface area contributed by atoms with Gasteiger partial charge in [-0.3, -0.25) is 4.79 Å². The number of hydrogen-bond donors (Lipinski definition) is 3. The van der Waals surface area contributed by atoms with Crippen LogP contribution in [0.4, 0.5) is 5.69 Å². The van der Waals surface area contributed by atoms with Gasteiger partial charge in [-0.2, -0.15) is 0 Å². The summed E-state index contributed by atoms with van der Waals surface area (Å²) in [6.45, 7) is 2.41. The normalized spacial score (nSPS) is 13.9. The van der Waals surface area contributed by atoms with Crippen molar-refractivity contribution in [3.8, 4) is 0 Å². The van der Waals surface area contributed by atoms with Gasteiger partial charge in [0.05, 0.1) is 4.88 Å². The maximum absolute atomic E-state index is 12.3. The molecular weight excluding hydrogens is 330 g/mol. The SMILES string of the molecule is Cl.NCc1ccc(NC(=O)c2cc(C3=CCNCC3)cs2)cc1. The van der Waals surface area contributed by atoms with Crippen LogP contribution in [-0.2, 0) is 6.54 Å². The molecule has 0 atom stereocenters. The van der Waals surface area contributed by atoms with Gasteiger partial charge in [0.25, 0.3) is 5.91 Å². The molecule has 0 aliphatic carbocycles. The molecule has 4 nitrogen and oxygen atoms in total. The summed E-state index contributed by atoms with van der Waals surface area (Å²) in [6.07, 6.45) is 3.21. The Labute approximate surface area is 146 Å². The summed E-state index contributed by atoms with van der Waals surface area (Å²) < 4.78 is 0. The van der Waals surface area contributed by atoms with Gasteiger partial charge in [-0.15, -0.1) is 23.7 Å². The third kappa shape index (κ3) is 4.42. The highest BCUT2D eigenvalue weighted by molar-refractivity contribution is 7.12. The van der Waals surface area contributed by atoms with Gasteiger partial charge in [0.15, 0.2) is 0 Å². The zero-order valence-electron chi connectivity index (χ0n) is 12.7. The van der Waals surface area contributed by atoms with E-state index in [0.717, 1.165) is 41.2 Å². The average molecular weight is 350 g/mol. The Morgan fingerprint density at radius 3 is 2.74 bits per heavy atom. The standard InChI is InChI=1S/C17H19N3OS.ClH/c18-10-12-1-3-15(4-2-12)20-17(21)16-9-14(11-22-16)13-5-7-19-8-6-13;/h1-5,9,11,19H,6-8,10,18H2,(H,20,21);1H. The number of carbonyl (C=O) groups is 1. The van der Waals surface area contributed by atoms with Crippen LogP contribution >= 0.6 is 23.7 Å². The van der Waals surface area contributed by atoms with Crippen molar-refractivity contribution in [2.45, 2.75) is 13.0 Å². The first kappa shape index (κ1) is 17.7. The van der Waals surface area contributed by atoms with Gasteiger partial charge in [0.2, 0.25) is 0 Å². The summed E-state index contributed by atoms with van der Waals surface area (Å²) in [5.41, 5.74) is 9.89. The first-order chi connectivity index (χ1) is 10.8. The van der Waals surface area contributed by atoms with Gasteiger partial charge in [-0.05, 0) is 53.2 Å². The molecule has 122 valence electrons. The lowest BCUT2D eigenvalue weighted by atomic mass is 10.0. The zero-order valence-corrected chi connectivity index (χ0v) is 14.3. The summed E-state index contributed by atoms with van der Waals surface area (Å²) >= 11 is 1.48. The molecule has 2 aromatic rings. The zero-order chi connectivity index (χ0) is 15.4. The van der Waals surface area contributed by atoms with Crippen molar-refractivity contribution in [1.29, 1.82) is 0 Å². The van der Waals surface area contributed by atoms with Gasteiger partial charge >= 0.3 is 0 Å². The third-order valence-electron chi connectivity index (χ3n) is 3.71. The van der Waals surface area contributed by atoms with Gasteiger partial charge in [-0.25, -0.2) is 0 Å². The Hall–Kier alpha value is -1.66. The summed E-state index contributed by atoms with van der Waals surface area (Å²) in [5, 5.41) is 8.28. The third-order valence-corrected chi connectivity index (χ3v) is 4.63. The molecule has 1 aromatic heterocycles. The van der Waals surface area contributed by atoms with E-state index in [-0.39, 0.29) is 18.3 Å². The smallest absolute Gasteiger partial charge is 0.265 e. The number of carbonyl (C=O) groups excluding carboxylic acids is 1. The van der Waals surface area contributed by atoms with Crippen molar-refractivity contribution in [2.24, 2.45) is 5.73 Å². The lowest BCUT2D eigenvalue weighted by molar-refractivity contribution is 0.103. The number of halogens is 1. The average Bonchev–Trinajstić information content (AvgIpc) is 3.06. The van der Waals surface area contributed by atoms with E-state index >= 15 is 0 Å². The Kier molecular flexibility index (Phi) is 6.36. The molecule has 1 amide bonds. The number of anilines is 1. The van der Waals surface area contributed by atoms with E-state index in [2.05, 4.69) is 22.1 Å². The molecule has 3 rings (SSSR count). The molecule has 0 saturated carbocycles. The second kappa shape index (κ2) is 8.26. The molecule has 1 aromatic carbocycles. The van der Waals surface area contributed by atoms with Crippen molar-refractivity contribution in [3.63, 3.8) is 0 Å². The number of benzene rings is 1.